The van der Waals surface area contributed by atoms with Crippen molar-refractivity contribution in [3.63, 3.8) is 0 Å². The zero-order valence-corrected chi connectivity index (χ0v) is 7.95. The lowest BCUT2D eigenvalue weighted by Gasteiger charge is -2.28. The Kier molecular flexibility index (Phi) is 5.46. The summed E-state index contributed by atoms with van der Waals surface area (Å²) in [5.41, 5.74) is -0.239. The van der Waals surface area contributed by atoms with E-state index in [1.165, 1.54) is 0 Å². The Morgan fingerprint density at radius 2 is 1.92 bits per heavy atom. The SMILES string of the molecule is CCCC(C)(CO)CC(O)CO. The molecule has 2 atom stereocenters. The summed E-state index contributed by atoms with van der Waals surface area (Å²) in [6, 6.07) is 0. The van der Waals surface area contributed by atoms with Crippen molar-refractivity contribution in [2.75, 3.05) is 13.2 Å². The zero-order chi connectivity index (χ0) is 9.61. The molecule has 0 radical (unpaired) electrons. The molecule has 0 heterocycles. The van der Waals surface area contributed by atoms with Crippen LogP contribution in [-0.4, -0.2) is 34.6 Å². The predicted molar refractivity (Wildman–Crippen MR) is 47.8 cm³/mol. The maximum Gasteiger partial charge on any atom is 0.0777 e. The van der Waals surface area contributed by atoms with Gasteiger partial charge >= 0.3 is 0 Å². The molecule has 0 aromatic heterocycles. The second-order valence-electron chi connectivity index (χ2n) is 3.76. The van der Waals surface area contributed by atoms with Gasteiger partial charge in [-0.15, -0.1) is 0 Å². The number of aliphatic hydroxyl groups excluding tert-OH is 3. The second-order valence-corrected chi connectivity index (χ2v) is 3.76. The number of aliphatic hydroxyl groups is 3. The maximum absolute atomic E-state index is 9.19. The van der Waals surface area contributed by atoms with Crippen molar-refractivity contribution in [3.05, 3.63) is 0 Å². The van der Waals surface area contributed by atoms with E-state index < -0.39 is 6.10 Å². The van der Waals surface area contributed by atoms with Crippen LogP contribution in [0.5, 0.6) is 0 Å². The molecule has 3 N–H and O–H groups in total. The van der Waals surface area contributed by atoms with Crippen LogP contribution >= 0.6 is 0 Å². The molecule has 0 saturated carbocycles. The molecule has 0 rings (SSSR count). The van der Waals surface area contributed by atoms with Crippen LogP contribution < -0.4 is 0 Å². The molecule has 0 aromatic carbocycles. The smallest absolute Gasteiger partial charge is 0.0777 e. The third-order valence-corrected chi connectivity index (χ3v) is 2.17. The van der Waals surface area contributed by atoms with Gasteiger partial charge in [0.25, 0.3) is 0 Å². The van der Waals surface area contributed by atoms with E-state index in [0.717, 1.165) is 12.8 Å². The third kappa shape index (κ3) is 4.04. The number of hydrogen-bond donors (Lipinski definition) is 3. The van der Waals surface area contributed by atoms with E-state index in [1.807, 2.05) is 13.8 Å². The van der Waals surface area contributed by atoms with Crippen molar-refractivity contribution in [1.29, 1.82) is 0 Å². The summed E-state index contributed by atoms with van der Waals surface area (Å²) in [4.78, 5) is 0. The minimum atomic E-state index is -0.700. The summed E-state index contributed by atoms with van der Waals surface area (Å²) in [6.45, 7) is 3.81. The molecule has 0 fully saturated rings. The highest BCUT2D eigenvalue weighted by Gasteiger charge is 2.25. The van der Waals surface area contributed by atoms with Gasteiger partial charge in [0, 0.05) is 6.61 Å². The molecular weight excluding hydrogens is 156 g/mol. The van der Waals surface area contributed by atoms with Gasteiger partial charge in [-0.3, -0.25) is 0 Å². The second kappa shape index (κ2) is 5.51. The average molecular weight is 176 g/mol. The van der Waals surface area contributed by atoms with Crippen LogP contribution in [-0.2, 0) is 0 Å². The van der Waals surface area contributed by atoms with Crippen LogP contribution in [0.2, 0.25) is 0 Å². The van der Waals surface area contributed by atoms with E-state index in [1.54, 1.807) is 0 Å². The standard InChI is InChI=1S/C9H20O3/c1-3-4-9(2,7-11)5-8(12)6-10/h8,10-12H,3-7H2,1-2H3. The predicted octanol–water partition coefficient (Wildman–Crippen LogP) is 0.528. The first-order chi connectivity index (χ1) is 5.58. The Balaban J connectivity index is 3.94. The highest BCUT2D eigenvalue weighted by Crippen LogP contribution is 2.28. The van der Waals surface area contributed by atoms with Crippen molar-refractivity contribution >= 4 is 0 Å². The highest BCUT2D eigenvalue weighted by molar-refractivity contribution is 4.76. The molecule has 0 aliphatic carbocycles. The monoisotopic (exact) mass is 176 g/mol. The Hall–Kier alpha value is -0.120. The number of hydrogen-bond acceptors (Lipinski definition) is 3. The average Bonchev–Trinajstić information content (AvgIpc) is 2.05. The van der Waals surface area contributed by atoms with Gasteiger partial charge in [0.2, 0.25) is 0 Å². The highest BCUT2D eigenvalue weighted by atomic mass is 16.3. The lowest BCUT2D eigenvalue weighted by atomic mass is 9.81. The molecule has 12 heavy (non-hydrogen) atoms. The first-order valence-electron chi connectivity index (χ1n) is 4.47. The molecule has 0 bridgehead atoms. The quantitative estimate of drug-likeness (QED) is 0.553. The normalized spacial score (nSPS) is 18.8. The van der Waals surface area contributed by atoms with Crippen LogP contribution in [0.4, 0.5) is 0 Å². The molecule has 0 aliphatic rings. The molecule has 0 spiro atoms. The molecule has 74 valence electrons. The summed E-state index contributed by atoms with van der Waals surface area (Å²) < 4.78 is 0. The Morgan fingerprint density at radius 3 is 2.25 bits per heavy atom. The summed E-state index contributed by atoms with van der Waals surface area (Å²) >= 11 is 0. The molecular formula is C9H20O3. The minimum absolute atomic E-state index is 0.0674. The van der Waals surface area contributed by atoms with E-state index >= 15 is 0 Å². The van der Waals surface area contributed by atoms with Gasteiger partial charge in [-0.05, 0) is 18.3 Å². The van der Waals surface area contributed by atoms with Crippen molar-refractivity contribution in [2.24, 2.45) is 5.41 Å². The van der Waals surface area contributed by atoms with E-state index in [-0.39, 0.29) is 18.6 Å². The Bertz CT molecular complexity index is 116. The van der Waals surface area contributed by atoms with E-state index in [2.05, 4.69) is 0 Å². The van der Waals surface area contributed by atoms with Crippen LogP contribution in [0.15, 0.2) is 0 Å². The largest absolute Gasteiger partial charge is 0.396 e. The van der Waals surface area contributed by atoms with E-state index in [9.17, 15) is 5.11 Å². The van der Waals surface area contributed by atoms with Crippen molar-refractivity contribution < 1.29 is 15.3 Å². The maximum atomic E-state index is 9.19. The van der Waals surface area contributed by atoms with Gasteiger partial charge in [-0.25, -0.2) is 0 Å². The van der Waals surface area contributed by atoms with E-state index in [4.69, 9.17) is 10.2 Å². The molecule has 2 unspecified atom stereocenters. The van der Waals surface area contributed by atoms with Gasteiger partial charge < -0.3 is 15.3 Å². The Morgan fingerprint density at radius 1 is 1.33 bits per heavy atom. The van der Waals surface area contributed by atoms with Gasteiger partial charge in [-0.2, -0.15) is 0 Å². The van der Waals surface area contributed by atoms with Gasteiger partial charge in [0.15, 0.2) is 0 Å². The number of rotatable bonds is 6. The lowest BCUT2D eigenvalue weighted by molar-refractivity contribution is 0.0240. The van der Waals surface area contributed by atoms with Crippen LogP contribution in [0, 0.1) is 5.41 Å². The summed E-state index contributed by atoms with van der Waals surface area (Å²) in [6.07, 6.45) is 1.62. The fraction of sp³-hybridized carbons (Fsp3) is 1.00. The van der Waals surface area contributed by atoms with Crippen LogP contribution in [0.25, 0.3) is 0 Å². The first-order valence-corrected chi connectivity index (χ1v) is 4.47. The molecule has 3 nitrogen and oxygen atoms in total. The van der Waals surface area contributed by atoms with Gasteiger partial charge in [0.05, 0.1) is 12.7 Å². The molecule has 0 amide bonds. The van der Waals surface area contributed by atoms with Gasteiger partial charge in [0.1, 0.15) is 0 Å². The van der Waals surface area contributed by atoms with Crippen LogP contribution in [0.1, 0.15) is 33.1 Å². The molecule has 3 heteroatoms. The zero-order valence-electron chi connectivity index (χ0n) is 7.95. The van der Waals surface area contributed by atoms with Crippen molar-refractivity contribution in [1.82, 2.24) is 0 Å². The van der Waals surface area contributed by atoms with Crippen molar-refractivity contribution in [3.8, 4) is 0 Å². The summed E-state index contributed by atoms with van der Waals surface area (Å²) in [5.74, 6) is 0. The summed E-state index contributed by atoms with van der Waals surface area (Å²) in [7, 11) is 0. The molecule has 0 aromatic rings. The Labute approximate surface area is 74.0 Å². The van der Waals surface area contributed by atoms with Crippen molar-refractivity contribution in [2.45, 2.75) is 39.2 Å². The fourth-order valence-electron chi connectivity index (χ4n) is 1.48. The summed E-state index contributed by atoms with van der Waals surface area (Å²) in [5, 5.41) is 26.9. The molecule has 0 aliphatic heterocycles. The minimum Gasteiger partial charge on any atom is -0.396 e. The molecule has 0 saturated heterocycles. The topological polar surface area (TPSA) is 60.7 Å². The lowest BCUT2D eigenvalue weighted by Crippen LogP contribution is -2.29. The fourth-order valence-corrected chi connectivity index (χ4v) is 1.48. The third-order valence-electron chi connectivity index (χ3n) is 2.17. The first kappa shape index (κ1) is 11.9. The van der Waals surface area contributed by atoms with Gasteiger partial charge in [-0.1, -0.05) is 20.3 Å². The van der Waals surface area contributed by atoms with E-state index in [0.29, 0.717) is 6.42 Å². The van der Waals surface area contributed by atoms with Crippen LogP contribution in [0.3, 0.4) is 0 Å².